The monoisotopic (exact) mass is 478 g/mol. The normalized spacial score (nSPS) is 20.8. The molecule has 0 aliphatic carbocycles. The molecule has 2 aliphatic heterocycles. The average molecular weight is 479 g/mol. The second-order valence-corrected chi connectivity index (χ2v) is 9.37. The van der Waals surface area contributed by atoms with Crippen LogP contribution in [0, 0.1) is 5.92 Å². The number of alkyl halides is 3. The van der Waals surface area contributed by atoms with Gasteiger partial charge in [0.05, 0.1) is 23.3 Å². The molecule has 1 fully saturated rings. The lowest BCUT2D eigenvalue weighted by atomic mass is 9.82. The minimum absolute atomic E-state index is 0.0343. The Kier molecular flexibility index (Phi) is 6.61. The summed E-state index contributed by atoms with van der Waals surface area (Å²) >= 11 is 0. The first-order valence-electron chi connectivity index (χ1n) is 11.5. The van der Waals surface area contributed by atoms with Gasteiger partial charge in [-0.05, 0) is 68.9 Å². The zero-order valence-electron chi connectivity index (χ0n) is 19.2. The third-order valence-electron chi connectivity index (χ3n) is 7.27. The van der Waals surface area contributed by atoms with Crippen LogP contribution in [0.1, 0.15) is 67.6 Å². The van der Waals surface area contributed by atoms with E-state index < -0.39 is 41.4 Å². The predicted octanol–water partition coefficient (Wildman–Crippen LogP) is 4.78. The summed E-state index contributed by atoms with van der Waals surface area (Å²) in [5.74, 6) is -1.38. The second-order valence-electron chi connectivity index (χ2n) is 9.37. The second kappa shape index (κ2) is 9.19. The Morgan fingerprint density at radius 3 is 2.53 bits per heavy atom. The molecule has 2 aliphatic rings. The molecular formula is C25H29F3N2O4. The standard InChI is InChI=1S/C25H29F3N2O4/c1-15(23(32)33)22(31)18-6-5-17-7-8-24(34-20(17)14-18)9-12-30(13-10-24)16(2)21-19(25(26,27)28)4-3-11-29-21/h3-6,11,14-16,22,31H,7-10,12-13H2,1-2H3,(H,32,33)/t15-,16?,22+/m0/s1. The number of carbonyl (C=O) groups is 1. The lowest BCUT2D eigenvalue weighted by Gasteiger charge is -2.46. The van der Waals surface area contributed by atoms with E-state index in [1.54, 1.807) is 19.1 Å². The Bertz CT molecular complexity index is 1050. The van der Waals surface area contributed by atoms with Crippen molar-refractivity contribution in [3.63, 3.8) is 0 Å². The highest BCUT2D eigenvalue weighted by Gasteiger charge is 2.42. The van der Waals surface area contributed by atoms with Crippen molar-refractivity contribution in [2.75, 3.05) is 13.1 Å². The van der Waals surface area contributed by atoms with Crippen LogP contribution in [0.25, 0.3) is 0 Å². The highest BCUT2D eigenvalue weighted by Crippen LogP contribution is 2.43. The van der Waals surface area contributed by atoms with Crippen LogP contribution in [0.3, 0.4) is 0 Å². The lowest BCUT2D eigenvalue weighted by Crippen LogP contribution is -2.50. The Morgan fingerprint density at radius 1 is 1.18 bits per heavy atom. The molecule has 0 amide bonds. The topological polar surface area (TPSA) is 82.9 Å². The van der Waals surface area contributed by atoms with Gasteiger partial charge in [-0.25, -0.2) is 0 Å². The first kappa shape index (κ1) is 24.5. The van der Waals surface area contributed by atoms with Crippen molar-refractivity contribution in [1.29, 1.82) is 0 Å². The number of hydrogen-bond donors (Lipinski definition) is 2. The van der Waals surface area contributed by atoms with Crippen LogP contribution in [0.4, 0.5) is 13.2 Å². The molecule has 6 nitrogen and oxygen atoms in total. The molecule has 1 aromatic carbocycles. The molecule has 9 heteroatoms. The van der Waals surface area contributed by atoms with Gasteiger partial charge >= 0.3 is 12.1 Å². The van der Waals surface area contributed by atoms with E-state index in [-0.39, 0.29) is 5.69 Å². The Hall–Kier alpha value is -2.65. The number of fused-ring (bicyclic) bond motifs is 1. The van der Waals surface area contributed by atoms with Crippen molar-refractivity contribution in [2.24, 2.45) is 5.92 Å². The van der Waals surface area contributed by atoms with Gasteiger partial charge in [-0.15, -0.1) is 0 Å². The van der Waals surface area contributed by atoms with E-state index in [0.29, 0.717) is 37.2 Å². The molecular weight excluding hydrogens is 449 g/mol. The average Bonchev–Trinajstić information content (AvgIpc) is 2.82. The van der Waals surface area contributed by atoms with Gasteiger partial charge in [-0.1, -0.05) is 12.1 Å². The zero-order chi connectivity index (χ0) is 24.7. The van der Waals surface area contributed by atoms with Crippen LogP contribution in [0.2, 0.25) is 0 Å². The van der Waals surface area contributed by atoms with Crippen LogP contribution in [-0.4, -0.2) is 44.8 Å². The van der Waals surface area contributed by atoms with Crippen LogP contribution in [0.5, 0.6) is 5.75 Å². The van der Waals surface area contributed by atoms with Gasteiger partial charge in [0.25, 0.3) is 0 Å². The minimum Gasteiger partial charge on any atom is -0.487 e. The summed E-state index contributed by atoms with van der Waals surface area (Å²) in [5, 5.41) is 19.6. The lowest BCUT2D eigenvalue weighted by molar-refractivity contribution is -0.145. The number of rotatable bonds is 5. The van der Waals surface area contributed by atoms with Crippen molar-refractivity contribution in [3.05, 3.63) is 58.9 Å². The van der Waals surface area contributed by atoms with Crippen LogP contribution in [-0.2, 0) is 17.4 Å². The molecule has 2 aromatic rings. The summed E-state index contributed by atoms with van der Waals surface area (Å²) < 4.78 is 46.8. The smallest absolute Gasteiger partial charge is 0.418 e. The number of aryl methyl sites for hydroxylation is 1. The fourth-order valence-electron chi connectivity index (χ4n) is 4.96. The van der Waals surface area contributed by atoms with Gasteiger partial charge in [-0.3, -0.25) is 14.7 Å². The molecule has 34 heavy (non-hydrogen) atoms. The summed E-state index contributed by atoms with van der Waals surface area (Å²) in [6, 6.07) is 7.22. The zero-order valence-corrected chi connectivity index (χ0v) is 19.2. The highest BCUT2D eigenvalue weighted by atomic mass is 19.4. The molecule has 0 bridgehead atoms. The summed E-state index contributed by atoms with van der Waals surface area (Å²) in [7, 11) is 0. The van der Waals surface area contributed by atoms with E-state index in [9.17, 15) is 28.2 Å². The Balaban J connectivity index is 1.47. The van der Waals surface area contributed by atoms with Gasteiger partial charge in [-0.2, -0.15) is 13.2 Å². The molecule has 3 heterocycles. The fraction of sp³-hybridized carbons (Fsp3) is 0.520. The number of ether oxygens (including phenoxy) is 1. The molecule has 2 N–H and O–H groups in total. The van der Waals surface area contributed by atoms with Gasteiger partial charge in [0.15, 0.2) is 0 Å². The van der Waals surface area contributed by atoms with E-state index in [0.717, 1.165) is 24.5 Å². The number of hydrogen-bond acceptors (Lipinski definition) is 5. The first-order chi connectivity index (χ1) is 16.0. The van der Waals surface area contributed by atoms with E-state index in [2.05, 4.69) is 4.98 Å². The molecule has 4 rings (SSSR count). The van der Waals surface area contributed by atoms with Crippen LogP contribution >= 0.6 is 0 Å². The Morgan fingerprint density at radius 2 is 1.88 bits per heavy atom. The number of carboxylic acid groups (broad SMARTS) is 1. The first-order valence-corrected chi connectivity index (χ1v) is 11.5. The number of nitrogens with zero attached hydrogens (tertiary/aromatic N) is 2. The molecule has 1 spiro atoms. The third kappa shape index (κ3) is 4.77. The number of aromatic nitrogens is 1. The number of carboxylic acids is 1. The van der Waals surface area contributed by atoms with Gasteiger partial charge in [0.1, 0.15) is 11.4 Å². The highest BCUT2D eigenvalue weighted by molar-refractivity contribution is 5.70. The molecule has 3 atom stereocenters. The van der Waals surface area contributed by atoms with Crippen LogP contribution in [0.15, 0.2) is 36.5 Å². The minimum atomic E-state index is -4.45. The van der Waals surface area contributed by atoms with Gasteiger partial charge in [0, 0.05) is 25.3 Å². The number of benzene rings is 1. The number of likely N-dealkylation sites (tertiary alicyclic amines) is 1. The molecule has 0 saturated carbocycles. The Labute approximate surface area is 196 Å². The van der Waals surface area contributed by atoms with E-state index in [1.165, 1.54) is 19.2 Å². The summed E-state index contributed by atoms with van der Waals surface area (Å²) in [6.07, 6.45) is -1.31. The number of aliphatic hydroxyl groups excluding tert-OH is 1. The third-order valence-corrected chi connectivity index (χ3v) is 7.27. The fourth-order valence-corrected chi connectivity index (χ4v) is 4.96. The number of pyridine rings is 1. The molecule has 1 unspecified atom stereocenters. The maximum atomic E-state index is 13.5. The number of piperidine rings is 1. The molecule has 184 valence electrons. The van der Waals surface area contributed by atoms with Crippen molar-refractivity contribution in [2.45, 2.75) is 63.5 Å². The van der Waals surface area contributed by atoms with Gasteiger partial charge in [0.2, 0.25) is 0 Å². The van der Waals surface area contributed by atoms with Crippen molar-refractivity contribution in [3.8, 4) is 5.75 Å². The maximum absolute atomic E-state index is 13.5. The molecule has 1 saturated heterocycles. The largest absolute Gasteiger partial charge is 0.487 e. The van der Waals surface area contributed by atoms with E-state index >= 15 is 0 Å². The SMILES string of the molecule is CC(c1ncccc1C(F)(F)F)N1CCC2(CCc3ccc([C@H](O)[C@H](C)C(=O)O)cc3O2)CC1. The van der Waals surface area contributed by atoms with E-state index in [1.807, 2.05) is 11.0 Å². The summed E-state index contributed by atoms with van der Waals surface area (Å²) in [6.45, 7) is 4.35. The molecule has 1 aromatic heterocycles. The number of halogens is 3. The van der Waals surface area contributed by atoms with Gasteiger partial charge < -0.3 is 14.9 Å². The summed E-state index contributed by atoms with van der Waals surface area (Å²) in [4.78, 5) is 17.3. The maximum Gasteiger partial charge on any atom is 0.418 e. The molecule has 0 radical (unpaired) electrons. The van der Waals surface area contributed by atoms with Crippen molar-refractivity contribution < 1.29 is 32.9 Å². The van der Waals surface area contributed by atoms with E-state index in [4.69, 9.17) is 4.74 Å². The van der Waals surface area contributed by atoms with Crippen molar-refractivity contribution >= 4 is 5.97 Å². The number of aliphatic hydroxyl groups is 1. The quantitative estimate of drug-likeness (QED) is 0.644. The summed E-state index contributed by atoms with van der Waals surface area (Å²) in [5.41, 5.74) is 0.400. The number of aliphatic carboxylic acids is 1. The van der Waals surface area contributed by atoms with Crippen molar-refractivity contribution in [1.82, 2.24) is 9.88 Å². The van der Waals surface area contributed by atoms with Crippen LogP contribution < -0.4 is 4.74 Å². The predicted molar refractivity (Wildman–Crippen MR) is 118 cm³/mol.